The molecule has 2 aromatic rings. The van der Waals surface area contributed by atoms with E-state index in [2.05, 4.69) is 0 Å². The third-order valence-electron chi connectivity index (χ3n) is 2.56. The molecule has 0 fully saturated rings. The topological polar surface area (TPSA) is 40.5 Å². The molecule has 0 spiro atoms. The summed E-state index contributed by atoms with van der Waals surface area (Å²) in [6.07, 6.45) is 0. The Balaban J connectivity index is 2.83. The average molecular weight is 294 g/mol. The lowest BCUT2D eigenvalue weighted by Gasteiger charge is -2.09. The van der Waals surface area contributed by atoms with Crippen LogP contribution in [0.4, 0.5) is 26.3 Å². The summed E-state index contributed by atoms with van der Waals surface area (Å²) >= 11 is 0. The van der Waals surface area contributed by atoms with E-state index in [1.54, 1.807) is 0 Å². The maximum absolute atomic E-state index is 13.5. The zero-order chi connectivity index (χ0) is 15.2. The highest BCUT2D eigenvalue weighted by molar-refractivity contribution is 5.67. The van der Waals surface area contributed by atoms with E-state index in [1.165, 1.54) is 0 Å². The van der Waals surface area contributed by atoms with Crippen molar-refractivity contribution in [2.45, 2.75) is 0 Å². The summed E-state index contributed by atoms with van der Waals surface area (Å²) in [6, 6.07) is 0.337. The predicted octanol–water partition coefficient (Wildman–Crippen LogP) is 3.60. The Labute approximate surface area is 107 Å². The van der Waals surface area contributed by atoms with Gasteiger partial charge in [-0.1, -0.05) is 0 Å². The number of benzene rings is 2. The highest BCUT2D eigenvalue weighted by atomic mass is 19.2. The van der Waals surface area contributed by atoms with E-state index in [-0.39, 0.29) is 12.1 Å². The summed E-state index contributed by atoms with van der Waals surface area (Å²) in [5.41, 5.74) is -2.29. The molecule has 0 aliphatic heterocycles. The zero-order valence-corrected chi connectivity index (χ0v) is 9.32. The first-order chi connectivity index (χ1) is 9.25. The molecule has 0 heterocycles. The van der Waals surface area contributed by atoms with Gasteiger partial charge in [-0.25, -0.2) is 17.6 Å². The third-order valence-corrected chi connectivity index (χ3v) is 2.56. The second-order valence-electron chi connectivity index (χ2n) is 3.77. The Morgan fingerprint density at radius 2 is 0.850 bits per heavy atom. The third kappa shape index (κ3) is 1.93. The number of aromatic hydroxyl groups is 2. The first-order valence-electron chi connectivity index (χ1n) is 4.99. The molecule has 0 aliphatic rings. The quantitative estimate of drug-likeness (QED) is 0.623. The maximum atomic E-state index is 13.5. The zero-order valence-electron chi connectivity index (χ0n) is 9.32. The van der Waals surface area contributed by atoms with Crippen LogP contribution in [0.5, 0.6) is 11.5 Å². The molecule has 0 saturated carbocycles. The maximum Gasteiger partial charge on any atom is 0.204 e. The van der Waals surface area contributed by atoms with Gasteiger partial charge in [0.2, 0.25) is 11.6 Å². The molecule has 106 valence electrons. The molecule has 2 aromatic carbocycles. The molecule has 8 heteroatoms. The molecule has 0 atom stereocenters. The summed E-state index contributed by atoms with van der Waals surface area (Å²) in [6.45, 7) is 0. The van der Waals surface area contributed by atoms with Crippen LogP contribution < -0.4 is 0 Å². The minimum Gasteiger partial charge on any atom is -0.503 e. The van der Waals surface area contributed by atoms with Gasteiger partial charge in [0.1, 0.15) is 0 Å². The molecule has 0 radical (unpaired) electrons. The lowest BCUT2D eigenvalue weighted by Crippen LogP contribution is -1.99. The molecule has 2 rings (SSSR count). The number of hydrogen-bond donors (Lipinski definition) is 2. The summed E-state index contributed by atoms with van der Waals surface area (Å²) < 4.78 is 79.4. The Bertz CT molecular complexity index is 653. The fourth-order valence-electron chi connectivity index (χ4n) is 1.56. The second-order valence-corrected chi connectivity index (χ2v) is 3.77. The fraction of sp³-hybridized carbons (Fsp3) is 0. The van der Waals surface area contributed by atoms with Gasteiger partial charge in [-0.15, -0.1) is 0 Å². The van der Waals surface area contributed by atoms with Crippen molar-refractivity contribution in [1.29, 1.82) is 0 Å². The summed E-state index contributed by atoms with van der Waals surface area (Å²) in [4.78, 5) is 0. The van der Waals surface area contributed by atoms with E-state index >= 15 is 0 Å². The van der Waals surface area contributed by atoms with Crippen LogP contribution in [0.15, 0.2) is 12.1 Å². The number of rotatable bonds is 1. The standard InChI is InChI=1S/C12H4F6O2/c13-5-1-3(7(15)9(17)11(5)19)4-2-6(14)12(20)10(18)8(4)16/h1-2,19-20H. The molecule has 2 nitrogen and oxygen atoms in total. The van der Waals surface area contributed by atoms with E-state index in [9.17, 15) is 26.3 Å². The van der Waals surface area contributed by atoms with Gasteiger partial charge in [0.15, 0.2) is 34.8 Å². The van der Waals surface area contributed by atoms with Crippen LogP contribution in [-0.4, -0.2) is 10.2 Å². The lowest BCUT2D eigenvalue weighted by atomic mass is 10.0. The first-order valence-corrected chi connectivity index (χ1v) is 4.99. The minimum atomic E-state index is -2.03. The highest BCUT2D eigenvalue weighted by Crippen LogP contribution is 2.36. The van der Waals surface area contributed by atoms with Gasteiger partial charge in [0.05, 0.1) is 0 Å². The molecule has 2 N–H and O–H groups in total. The van der Waals surface area contributed by atoms with Gasteiger partial charge in [0.25, 0.3) is 0 Å². The van der Waals surface area contributed by atoms with Crippen LogP contribution >= 0.6 is 0 Å². The van der Waals surface area contributed by atoms with Crippen LogP contribution in [0.1, 0.15) is 0 Å². The lowest BCUT2D eigenvalue weighted by molar-refractivity contribution is 0.373. The van der Waals surface area contributed by atoms with Crippen molar-refractivity contribution in [3.63, 3.8) is 0 Å². The molecular formula is C12H4F6O2. The smallest absolute Gasteiger partial charge is 0.204 e. The van der Waals surface area contributed by atoms with Crippen molar-refractivity contribution in [1.82, 2.24) is 0 Å². The summed E-state index contributed by atoms with van der Waals surface area (Å²) in [5.74, 6) is -14.4. The predicted molar refractivity (Wildman–Crippen MR) is 55.0 cm³/mol. The molecule has 0 amide bonds. The SMILES string of the molecule is Oc1c(F)cc(-c2cc(F)c(O)c(F)c2F)c(F)c1F. The van der Waals surface area contributed by atoms with Gasteiger partial charge in [-0.3, -0.25) is 0 Å². The number of phenols is 2. The van der Waals surface area contributed by atoms with Crippen molar-refractivity contribution >= 4 is 0 Å². The Hall–Kier alpha value is -2.38. The van der Waals surface area contributed by atoms with Gasteiger partial charge in [0, 0.05) is 11.1 Å². The Morgan fingerprint density at radius 3 is 1.15 bits per heavy atom. The normalized spacial score (nSPS) is 10.9. The van der Waals surface area contributed by atoms with Crippen LogP contribution in [0.3, 0.4) is 0 Å². The summed E-state index contributed by atoms with van der Waals surface area (Å²) in [5, 5.41) is 17.6. The molecule has 0 aromatic heterocycles. The van der Waals surface area contributed by atoms with Crippen molar-refractivity contribution in [2.75, 3.05) is 0 Å². The molecule has 0 saturated heterocycles. The first kappa shape index (κ1) is 14.0. The molecule has 20 heavy (non-hydrogen) atoms. The van der Waals surface area contributed by atoms with Crippen LogP contribution in [-0.2, 0) is 0 Å². The van der Waals surface area contributed by atoms with Crippen molar-refractivity contribution in [3.05, 3.63) is 47.0 Å². The van der Waals surface area contributed by atoms with Gasteiger partial charge in [-0.2, -0.15) is 8.78 Å². The Kier molecular flexibility index (Phi) is 3.24. The van der Waals surface area contributed by atoms with Gasteiger partial charge in [-0.05, 0) is 12.1 Å². The number of phenolic OH excluding ortho intramolecular Hbond substituents is 2. The second kappa shape index (κ2) is 4.62. The van der Waals surface area contributed by atoms with Crippen LogP contribution in [0, 0.1) is 34.9 Å². The van der Waals surface area contributed by atoms with Gasteiger partial charge >= 0.3 is 0 Å². The monoisotopic (exact) mass is 294 g/mol. The van der Waals surface area contributed by atoms with E-state index < -0.39 is 57.5 Å². The average Bonchev–Trinajstić information content (AvgIpc) is 2.42. The molecule has 0 unspecified atom stereocenters. The minimum absolute atomic E-state index is 0.169. The highest BCUT2D eigenvalue weighted by Gasteiger charge is 2.25. The Morgan fingerprint density at radius 1 is 0.550 bits per heavy atom. The fourth-order valence-corrected chi connectivity index (χ4v) is 1.56. The van der Waals surface area contributed by atoms with Crippen LogP contribution in [0.2, 0.25) is 0 Å². The largest absolute Gasteiger partial charge is 0.503 e. The molecule has 0 bridgehead atoms. The van der Waals surface area contributed by atoms with E-state index in [0.717, 1.165) is 0 Å². The summed E-state index contributed by atoms with van der Waals surface area (Å²) in [7, 11) is 0. The van der Waals surface area contributed by atoms with Crippen LogP contribution in [0.25, 0.3) is 11.1 Å². The van der Waals surface area contributed by atoms with Gasteiger partial charge < -0.3 is 10.2 Å². The molecule has 0 aliphatic carbocycles. The molecular weight excluding hydrogens is 290 g/mol. The van der Waals surface area contributed by atoms with E-state index in [1.807, 2.05) is 0 Å². The van der Waals surface area contributed by atoms with Crippen molar-refractivity contribution in [2.24, 2.45) is 0 Å². The van der Waals surface area contributed by atoms with Crippen molar-refractivity contribution < 1.29 is 36.6 Å². The van der Waals surface area contributed by atoms with E-state index in [0.29, 0.717) is 0 Å². The number of hydrogen-bond acceptors (Lipinski definition) is 2. The van der Waals surface area contributed by atoms with E-state index in [4.69, 9.17) is 10.2 Å². The number of halogens is 6. The van der Waals surface area contributed by atoms with Crippen molar-refractivity contribution in [3.8, 4) is 22.6 Å².